The van der Waals surface area contributed by atoms with Crippen LogP contribution in [0.5, 0.6) is 0 Å². The van der Waals surface area contributed by atoms with Crippen molar-refractivity contribution in [2.24, 2.45) is 0 Å². The van der Waals surface area contributed by atoms with Gasteiger partial charge in [0.25, 0.3) is 5.91 Å². The van der Waals surface area contributed by atoms with Gasteiger partial charge < -0.3 is 9.64 Å². The van der Waals surface area contributed by atoms with Gasteiger partial charge >= 0.3 is 5.97 Å². The van der Waals surface area contributed by atoms with E-state index in [-0.39, 0.29) is 5.91 Å². The summed E-state index contributed by atoms with van der Waals surface area (Å²) < 4.78 is 5.47. The molecule has 0 bridgehead atoms. The maximum atomic E-state index is 12.1. The van der Waals surface area contributed by atoms with Crippen LogP contribution < -0.4 is 0 Å². The van der Waals surface area contributed by atoms with E-state index < -0.39 is 12.2 Å². The Hall–Kier alpha value is -2.62. The van der Waals surface area contributed by atoms with Gasteiger partial charge in [-0.05, 0) is 18.2 Å². The van der Waals surface area contributed by atoms with Crippen LogP contribution in [-0.2, 0) is 4.74 Å². The highest BCUT2D eigenvalue weighted by molar-refractivity contribution is 5.99. The third-order valence-corrected chi connectivity index (χ3v) is 3.36. The van der Waals surface area contributed by atoms with Crippen LogP contribution in [0.25, 0.3) is 0 Å². The molecule has 2 aromatic carbocycles. The van der Waals surface area contributed by atoms with Crippen molar-refractivity contribution < 1.29 is 14.3 Å². The van der Waals surface area contributed by atoms with E-state index in [1.54, 1.807) is 49.5 Å². The zero-order chi connectivity index (χ0) is 14.1. The van der Waals surface area contributed by atoms with E-state index >= 15 is 0 Å². The first-order valence-electron chi connectivity index (χ1n) is 6.30. The number of nitrogens with zero attached hydrogens (tertiary/aromatic N) is 1. The largest absolute Gasteiger partial charge is 0.433 e. The average Bonchev–Trinajstić information content (AvgIpc) is 2.74. The number of ether oxygens (including phenoxy) is 1. The van der Waals surface area contributed by atoms with Crippen molar-refractivity contribution in [3.05, 3.63) is 71.3 Å². The Kier molecular flexibility index (Phi) is 2.99. The van der Waals surface area contributed by atoms with E-state index in [1.165, 1.54) is 4.90 Å². The van der Waals surface area contributed by atoms with Crippen LogP contribution in [0.15, 0.2) is 54.6 Å². The van der Waals surface area contributed by atoms with Gasteiger partial charge in [0, 0.05) is 18.2 Å². The maximum absolute atomic E-state index is 12.1. The Morgan fingerprint density at radius 1 is 1.05 bits per heavy atom. The number of esters is 1. The second-order valence-electron chi connectivity index (χ2n) is 4.63. The van der Waals surface area contributed by atoms with Crippen LogP contribution >= 0.6 is 0 Å². The molecule has 0 saturated heterocycles. The summed E-state index contributed by atoms with van der Waals surface area (Å²) in [6.45, 7) is 0. The fourth-order valence-electron chi connectivity index (χ4n) is 2.30. The van der Waals surface area contributed by atoms with Crippen molar-refractivity contribution in [1.29, 1.82) is 0 Å². The van der Waals surface area contributed by atoms with Crippen molar-refractivity contribution in [3.63, 3.8) is 0 Å². The minimum Gasteiger partial charge on any atom is -0.433 e. The summed E-state index contributed by atoms with van der Waals surface area (Å²) in [6, 6.07) is 15.9. The first-order chi connectivity index (χ1) is 9.68. The molecule has 1 aliphatic rings. The molecule has 0 aromatic heterocycles. The number of carbonyl (C=O) groups excluding carboxylic acids is 2. The SMILES string of the molecule is CN1C(=O)c2ccccc2[C@H]1OC(=O)c1ccccc1. The molecule has 20 heavy (non-hydrogen) atoms. The molecule has 4 nitrogen and oxygen atoms in total. The zero-order valence-electron chi connectivity index (χ0n) is 10.9. The molecular weight excluding hydrogens is 254 g/mol. The molecule has 1 atom stereocenters. The first-order valence-corrected chi connectivity index (χ1v) is 6.30. The molecule has 0 unspecified atom stereocenters. The molecule has 2 aromatic rings. The molecule has 1 amide bonds. The lowest BCUT2D eigenvalue weighted by Gasteiger charge is -2.20. The molecule has 0 radical (unpaired) electrons. The van der Waals surface area contributed by atoms with E-state index in [4.69, 9.17) is 4.74 Å². The monoisotopic (exact) mass is 267 g/mol. The first kappa shape index (κ1) is 12.4. The highest BCUT2D eigenvalue weighted by atomic mass is 16.6. The third-order valence-electron chi connectivity index (χ3n) is 3.36. The highest BCUT2D eigenvalue weighted by Gasteiger charge is 2.36. The van der Waals surface area contributed by atoms with Crippen LogP contribution in [0.2, 0.25) is 0 Å². The van der Waals surface area contributed by atoms with Crippen molar-refractivity contribution in [1.82, 2.24) is 4.90 Å². The molecule has 3 rings (SSSR count). The normalized spacial score (nSPS) is 16.9. The summed E-state index contributed by atoms with van der Waals surface area (Å²) in [6.07, 6.45) is -0.661. The molecule has 0 saturated carbocycles. The van der Waals surface area contributed by atoms with Gasteiger partial charge in [-0.25, -0.2) is 4.79 Å². The smallest absolute Gasteiger partial charge is 0.340 e. The second-order valence-corrected chi connectivity index (χ2v) is 4.63. The average molecular weight is 267 g/mol. The van der Waals surface area contributed by atoms with Crippen LogP contribution in [0.4, 0.5) is 0 Å². The predicted octanol–water partition coefficient (Wildman–Crippen LogP) is 2.63. The number of fused-ring (bicyclic) bond motifs is 1. The van der Waals surface area contributed by atoms with Crippen molar-refractivity contribution in [2.75, 3.05) is 7.05 Å². The molecule has 4 heteroatoms. The van der Waals surface area contributed by atoms with Gasteiger partial charge in [0.15, 0.2) is 0 Å². The van der Waals surface area contributed by atoms with E-state index in [9.17, 15) is 9.59 Å². The lowest BCUT2D eigenvalue weighted by molar-refractivity contribution is -0.0108. The maximum Gasteiger partial charge on any atom is 0.340 e. The highest BCUT2D eigenvalue weighted by Crippen LogP contribution is 2.33. The van der Waals surface area contributed by atoms with Gasteiger partial charge in [-0.1, -0.05) is 36.4 Å². The number of hydrogen-bond donors (Lipinski definition) is 0. The fraction of sp³-hybridized carbons (Fsp3) is 0.125. The van der Waals surface area contributed by atoms with E-state index in [2.05, 4.69) is 0 Å². The second kappa shape index (κ2) is 4.81. The van der Waals surface area contributed by atoms with E-state index in [0.717, 1.165) is 5.56 Å². The molecular formula is C16H13NO3. The predicted molar refractivity (Wildman–Crippen MR) is 73.1 cm³/mol. The lowest BCUT2D eigenvalue weighted by atomic mass is 10.1. The molecule has 0 N–H and O–H groups in total. The third kappa shape index (κ3) is 1.95. The number of amides is 1. The number of carbonyl (C=O) groups is 2. The molecule has 1 aliphatic heterocycles. The zero-order valence-corrected chi connectivity index (χ0v) is 10.9. The number of hydrogen-bond acceptors (Lipinski definition) is 3. The molecule has 1 heterocycles. The summed E-state index contributed by atoms with van der Waals surface area (Å²) in [5.41, 5.74) is 1.78. The standard InChI is InChI=1S/C16H13NO3/c1-17-14(18)12-9-5-6-10-13(12)15(17)20-16(19)11-7-3-2-4-8-11/h2-10,15H,1H3/t15-/m1/s1. The fourth-order valence-corrected chi connectivity index (χ4v) is 2.30. The van der Waals surface area contributed by atoms with Gasteiger partial charge in [-0.2, -0.15) is 0 Å². The topological polar surface area (TPSA) is 46.6 Å². The van der Waals surface area contributed by atoms with Crippen molar-refractivity contribution in [3.8, 4) is 0 Å². The Bertz CT molecular complexity index is 666. The summed E-state index contributed by atoms with van der Waals surface area (Å²) >= 11 is 0. The van der Waals surface area contributed by atoms with Crippen molar-refractivity contribution in [2.45, 2.75) is 6.23 Å². The minimum atomic E-state index is -0.661. The van der Waals surface area contributed by atoms with Gasteiger partial charge in [-0.15, -0.1) is 0 Å². The van der Waals surface area contributed by atoms with Gasteiger partial charge in [-0.3, -0.25) is 4.79 Å². The van der Waals surface area contributed by atoms with Gasteiger partial charge in [0.05, 0.1) is 5.56 Å². The summed E-state index contributed by atoms with van der Waals surface area (Å²) in [5, 5.41) is 0. The number of benzene rings is 2. The van der Waals surface area contributed by atoms with Crippen LogP contribution in [0, 0.1) is 0 Å². The lowest BCUT2D eigenvalue weighted by Crippen LogP contribution is -2.26. The summed E-state index contributed by atoms with van der Waals surface area (Å²) in [7, 11) is 1.63. The van der Waals surface area contributed by atoms with Crippen LogP contribution in [0.3, 0.4) is 0 Å². The Morgan fingerprint density at radius 3 is 2.45 bits per heavy atom. The Balaban J connectivity index is 1.88. The quantitative estimate of drug-likeness (QED) is 0.786. The Morgan fingerprint density at radius 2 is 1.70 bits per heavy atom. The number of rotatable bonds is 2. The Labute approximate surface area is 116 Å². The molecule has 0 aliphatic carbocycles. The molecule has 100 valence electrons. The van der Waals surface area contributed by atoms with E-state index in [0.29, 0.717) is 11.1 Å². The minimum absolute atomic E-state index is 0.133. The van der Waals surface area contributed by atoms with Crippen molar-refractivity contribution >= 4 is 11.9 Å². The molecule has 0 spiro atoms. The van der Waals surface area contributed by atoms with Crippen LogP contribution in [0.1, 0.15) is 32.5 Å². The van der Waals surface area contributed by atoms with Crippen LogP contribution in [-0.4, -0.2) is 23.8 Å². The van der Waals surface area contributed by atoms with E-state index in [1.807, 2.05) is 12.1 Å². The summed E-state index contributed by atoms with van der Waals surface area (Å²) in [5.74, 6) is -0.571. The summed E-state index contributed by atoms with van der Waals surface area (Å²) in [4.78, 5) is 25.6. The van der Waals surface area contributed by atoms with Gasteiger partial charge in [0.1, 0.15) is 0 Å². The van der Waals surface area contributed by atoms with Gasteiger partial charge in [0.2, 0.25) is 6.23 Å². The molecule has 0 fully saturated rings.